The van der Waals surface area contributed by atoms with E-state index in [4.69, 9.17) is 4.42 Å². The average molecular weight is 867 g/mol. The maximum atomic E-state index is 6.51. The Morgan fingerprint density at radius 3 is 1.72 bits per heavy atom. The zero-order valence-corrected chi connectivity index (χ0v) is 37.1. The van der Waals surface area contributed by atoms with Crippen molar-refractivity contribution >= 4 is 71.6 Å². The van der Waals surface area contributed by atoms with Crippen LogP contribution in [-0.4, -0.2) is 4.57 Å². The van der Waals surface area contributed by atoms with E-state index < -0.39 is 5.41 Å². The van der Waals surface area contributed by atoms with E-state index in [0.29, 0.717) is 0 Å². The molecule has 3 nitrogen and oxygen atoms in total. The number of nitrogens with zero attached hydrogens (tertiary/aromatic N) is 2. The molecule has 13 aromatic rings. The van der Waals surface area contributed by atoms with E-state index in [1.54, 1.807) is 0 Å². The normalized spacial score (nSPS) is 12.8. The highest BCUT2D eigenvalue weighted by atomic mass is 16.3. The van der Waals surface area contributed by atoms with Gasteiger partial charge in [-0.3, -0.25) is 0 Å². The second-order valence-electron chi connectivity index (χ2n) is 18.0. The summed E-state index contributed by atoms with van der Waals surface area (Å²) in [6.45, 7) is 0. The van der Waals surface area contributed by atoms with Crippen LogP contribution in [0.3, 0.4) is 0 Å². The monoisotopic (exact) mass is 866 g/mol. The van der Waals surface area contributed by atoms with Crippen LogP contribution in [0.15, 0.2) is 259 Å². The third-order valence-corrected chi connectivity index (χ3v) is 14.4. The van der Waals surface area contributed by atoms with Crippen molar-refractivity contribution in [3.05, 3.63) is 277 Å². The van der Waals surface area contributed by atoms with E-state index >= 15 is 0 Å². The summed E-state index contributed by atoms with van der Waals surface area (Å²) in [6, 6.07) is 93.1. The molecule has 0 radical (unpaired) electrons. The molecule has 0 saturated heterocycles. The lowest BCUT2D eigenvalue weighted by Gasteiger charge is -2.34. The molecule has 1 aliphatic rings. The van der Waals surface area contributed by atoms with Gasteiger partial charge in [-0.25, -0.2) is 0 Å². The number of benzene rings is 11. The molecule has 68 heavy (non-hydrogen) atoms. The Labute approximate surface area is 394 Å². The number of para-hydroxylation sites is 3. The topological polar surface area (TPSA) is 21.3 Å². The quantitative estimate of drug-likeness (QED) is 0.159. The number of hydrogen-bond donors (Lipinski definition) is 0. The second-order valence-corrected chi connectivity index (χ2v) is 18.0. The van der Waals surface area contributed by atoms with Gasteiger partial charge >= 0.3 is 0 Å². The highest BCUT2D eigenvalue weighted by molar-refractivity contribution is 6.11. The number of fused-ring (bicyclic) bond motifs is 11. The molecule has 1 aliphatic carbocycles. The number of furan rings is 1. The first-order valence-electron chi connectivity index (χ1n) is 23.4. The van der Waals surface area contributed by atoms with Gasteiger partial charge in [0.25, 0.3) is 0 Å². The molecule has 14 rings (SSSR count). The van der Waals surface area contributed by atoms with Gasteiger partial charge in [-0.1, -0.05) is 176 Å². The van der Waals surface area contributed by atoms with Crippen LogP contribution in [0.5, 0.6) is 0 Å². The smallest absolute Gasteiger partial charge is 0.137 e. The minimum Gasteiger partial charge on any atom is -0.456 e. The molecule has 318 valence electrons. The SMILES string of the molecule is c1ccc(-n2c3ccccc3c3cc(N(c4ccc(-c5ccc6c(c5)C(c5ccccc5)(c5ccccc5)c5ccc7ccccc7c5-6)cc4)c4ccc5c(c4)oc4ccccc45)ccc32)cc1. The van der Waals surface area contributed by atoms with Gasteiger partial charge in [0.05, 0.1) is 16.4 Å². The first-order chi connectivity index (χ1) is 33.7. The molecular formula is C65H42N2O. The maximum Gasteiger partial charge on any atom is 0.137 e. The van der Waals surface area contributed by atoms with Crippen molar-refractivity contribution in [3.8, 4) is 27.9 Å². The fraction of sp³-hybridized carbons (Fsp3) is 0.0154. The molecule has 0 saturated carbocycles. The van der Waals surface area contributed by atoms with Crippen molar-refractivity contribution in [1.82, 2.24) is 4.57 Å². The summed E-state index contributed by atoms with van der Waals surface area (Å²) in [5.74, 6) is 0. The van der Waals surface area contributed by atoms with Crippen LogP contribution in [0.1, 0.15) is 22.3 Å². The molecule has 3 heteroatoms. The van der Waals surface area contributed by atoms with Crippen molar-refractivity contribution in [2.75, 3.05) is 4.90 Å². The Bertz CT molecular complexity index is 4030. The Balaban J connectivity index is 0.945. The zero-order chi connectivity index (χ0) is 44.8. The highest BCUT2D eigenvalue weighted by Crippen LogP contribution is 2.58. The molecule has 2 aromatic heterocycles. The van der Waals surface area contributed by atoms with E-state index in [0.717, 1.165) is 55.8 Å². The van der Waals surface area contributed by atoms with Gasteiger partial charge in [0.2, 0.25) is 0 Å². The lowest BCUT2D eigenvalue weighted by Crippen LogP contribution is -2.28. The summed E-state index contributed by atoms with van der Waals surface area (Å²) < 4.78 is 8.88. The van der Waals surface area contributed by atoms with Crippen LogP contribution in [0.25, 0.3) is 82.5 Å². The third kappa shape index (κ3) is 5.66. The number of hydrogen-bond acceptors (Lipinski definition) is 2. The van der Waals surface area contributed by atoms with Crippen LogP contribution in [0.4, 0.5) is 17.1 Å². The number of anilines is 3. The minimum atomic E-state index is -0.512. The fourth-order valence-electron chi connectivity index (χ4n) is 11.5. The van der Waals surface area contributed by atoms with Gasteiger partial charge in [0.1, 0.15) is 11.2 Å². The van der Waals surface area contributed by atoms with Crippen LogP contribution < -0.4 is 4.90 Å². The zero-order valence-electron chi connectivity index (χ0n) is 37.1. The van der Waals surface area contributed by atoms with Gasteiger partial charge in [-0.15, -0.1) is 0 Å². The van der Waals surface area contributed by atoms with Crippen LogP contribution in [0, 0.1) is 0 Å². The molecular weight excluding hydrogens is 825 g/mol. The molecule has 2 heterocycles. The summed E-state index contributed by atoms with van der Waals surface area (Å²) in [5, 5.41) is 7.16. The molecule has 0 aliphatic heterocycles. The standard InChI is InChI=1S/C65H42N2O/c1-4-17-46(18-5-1)65(47-19-6-2-7-20-47)58-38-31-44-16-10-11-23-52(44)64(58)56-36-30-45(40-59(56)65)43-28-32-49(33-29-43)66(51-34-37-55-54-25-13-15-27-62(54)68-63(55)42-51)50-35-39-61-57(41-50)53-24-12-14-26-60(53)67(61)48-21-8-3-9-22-48/h1-42H. The van der Waals surface area contributed by atoms with Crippen LogP contribution in [0.2, 0.25) is 0 Å². The van der Waals surface area contributed by atoms with Crippen LogP contribution >= 0.6 is 0 Å². The predicted octanol–water partition coefficient (Wildman–Crippen LogP) is 17.3. The first kappa shape index (κ1) is 38.4. The van der Waals surface area contributed by atoms with Gasteiger partial charge < -0.3 is 13.9 Å². The summed E-state index contributed by atoms with van der Waals surface area (Å²) in [5.41, 5.74) is 17.9. The molecule has 0 unspecified atom stereocenters. The minimum absolute atomic E-state index is 0.512. The lowest BCUT2D eigenvalue weighted by atomic mass is 9.67. The van der Waals surface area contributed by atoms with Gasteiger partial charge in [0.15, 0.2) is 0 Å². The predicted molar refractivity (Wildman–Crippen MR) is 283 cm³/mol. The summed E-state index contributed by atoms with van der Waals surface area (Å²) >= 11 is 0. The Kier molecular flexibility index (Phi) is 8.50. The van der Waals surface area contributed by atoms with Gasteiger partial charge in [-0.2, -0.15) is 0 Å². The summed E-state index contributed by atoms with van der Waals surface area (Å²) in [7, 11) is 0. The molecule has 11 aromatic carbocycles. The van der Waals surface area contributed by atoms with E-state index in [1.807, 2.05) is 12.1 Å². The first-order valence-corrected chi connectivity index (χ1v) is 23.4. The second kappa shape index (κ2) is 15.1. The molecule has 0 spiro atoms. The fourth-order valence-corrected chi connectivity index (χ4v) is 11.5. The van der Waals surface area contributed by atoms with Gasteiger partial charge in [0, 0.05) is 50.4 Å². The van der Waals surface area contributed by atoms with Crippen molar-refractivity contribution in [2.45, 2.75) is 5.41 Å². The maximum absolute atomic E-state index is 6.51. The third-order valence-electron chi connectivity index (χ3n) is 14.4. The number of rotatable bonds is 7. The van der Waals surface area contributed by atoms with E-state index in [1.165, 1.54) is 66.0 Å². The molecule has 0 fully saturated rings. The highest BCUT2D eigenvalue weighted by Gasteiger charge is 2.46. The Morgan fingerprint density at radius 2 is 0.941 bits per heavy atom. The van der Waals surface area contributed by atoms with Crippen molar-refractivity contribution in [2.24, 2.45) is 0 Å². The summed E-state index contributed by atoms with van der Waals surface area (Å²) in [6.07, 6.45) is 0. The Hall–Kier alpha value is -8.92. The van der Waals surface area contributed by atoms with Crippen molar-refractivity contribution in [3.63, 3.8) is 0 Å². The summed E-state index contributed by atoms with van der Waals surface area (Å²) in [4.78, 5) is 2.37. The molecule has 0 bridgehead atoms. The average Bonchev–Trinajstić information content (AvgIpc) is 4.05. The Morgan fingerprint density at radius 1 is 0.353 bits per heavy atom. The lowest BCUT2D eigenvalue weighted by molar-refractivity contribution is 0.669. The largest absolute Gasteiger partial charge is 0.456 e. The van der Waals surface area contributed by atoms with Crippen LogP contribution in [-0.2, 0) is 5.41 Å². The van der Waals surface area contributed by atoms with E-state index in [-0.39, 0.29) is 0 Å². The van der Waals surface area contributed by atoms with E-state index in [9.17, 15) is 0 Å². The van der Waals surface area contributed by atoms with E-state index in [2.05, 4.69) is 252 Å². The number of aromatic nitrogens is 1. The molecule has 0 N–H and O–H groups in total. The molecule has 0 atom stereocenters. The van der Waals surface area contributed by atoms with Gasteiger partial charge in [-0.05, 0) is 128 Å². The van der Waals surface area contributed by atoms with Crippen molar-refractivity contribution in [1.29, 1.82) is 0 Å². The molecule has 0 amide bonds. The van der Waals surface area contributed by atoms with Crippen molar-refractivity contribution < 1.29 is 4.42 Å².